The van der Waals surface area contributed by atoms with Crippen LogP contribution in [0.2, 0.25) is 0 Å². The van der Waals surface area contributed by atoms with Gasteiger partial charge in [-0.25, -0.2) is 0 Å². The Hall–Kier alpha value is -1.88. The van der Waals surface area contributed by atoms with E-state index in [1.165, 1.54) is 12.0 Å². The number of nitrogens with two attached hydrogens (primary N) is 1. The molecule has 1 rings (SSSR count). The molecule has 2 atom stereocenters. The van der Waals surface area contributed by atoms with Crippen LogP contribution in [0, 0.1) is 5.92 Å². The van der Waals surface area contributed by atoms with Gasteiger partial charge in [-0.15, -0.1) is 0 Å². The average Bonchev–Trinajstić information content (AvgIpc) is 2.52. The van der Waals surface area contributed by atoms with Crippen molar-refractivity contribution in [2.45, 2.75) is 32.9 Å². The molecule has 0 fully saturated rings. The van der Waals surface area contributed by atoms with Crippen molar-refractivity contribution >= 4 is 11.9 Å². The molecule has 1 aromatic rings. The topological polar surface area (TPSA) is 72.6 Å². The second kappa shape index (κ2) is 8.42. The summed E-state index contributed by atoms with van der Waals surface area (Å²) in [7, 11) is 1.31. The molecule has 1 amide bonds. The fourth-order valence-corrected chi connectivity index (χ4v) is 1.94. The summed E-state index contributed by atoms with van der Waals surface area (Å²) in [6.07, 6.45) is 0.810. The maximum atomic E-state index is 12.5. The third-order valence-electron chi connectivity index (χ3n) is 3.62. The Kier molecular flexibility index (Phi) is 6.88. The summed E-state index contributed by atoms with van der Waals surface area (Å²) in [5, 5.41) is 0. The molecule has 0 heterocycles. The predicted octanol–water partition coefficient (Wildman–Crippen LogP) is 1.56. The number of hydrogen-bond donors (Lipinski definition) is 1. The van der Waals surface area contributed by atoms with Gasteiger partial charge in [-0.1, -0.05) is 50.6 Å². The third kappa shape index (κ3) is 5.19. The first-order chi connectivity index (χ1) is 9.99. The van der Waals surface area contributed by atoms with Gasteiger partial charge in [0.2, 0.25) is 5.91 Å². The zero-order chi connectivity index (χ0) is 15.8. The van der Waals surface area contributed by atoms with Gasteiger partial charge in [0.05, 0.1) is 13.2 Å². The summed E-state index contributed by atoms with van der Waals surface area (Å²) in [4.78, 5) is 25.5. The number of ether oxygens (including phenoxy) is 1. The molecular weight excluding hydrogens is 268 g/mol. The maximum Gasteiger partial charge on any atom is 0.325 e. The van der Waals surface area contributed by atoms with Gasteiger partial charge in [0.25, 0.3) is 0 Å². The Balaban J connectivity index is 2.86. The summed E-state index contributed by atoms with van der Waals surface area (Å²) in [5.41, 5.74) is 6.95. The lowest BCUT2D eigenvalue weighted by Gasteiger charge is -2.27. The molecule has 5 nitrogen and oxygen atoms in total. The molecule has 21 heavy (non-hydrogen) atoms. The van der Waals surface area contributed by atoms with Crippen LogP contribution in [0.3, 0.4) is 0 Å². The summed E-state index contributed by atoms with van der Waals surface area (Å²) in [6.45, 7) is 4.17. The van der Waals surface area contributed by atoms with Crippen LogP contribution < -0.4 is 5.73 Å². The second-order valence-electron chi connectivity index (χ2n) is 5.17. The first-order valence-corrected chi connectivity index (χ1v) is 7.14. The van der Waals surface area contributed by atoms with Crippen LogP contribution in [0.1, 0.15) is 25.8 Å². The van der Waals surface area contributed by atoms with Crippen LogP contribution in [0.4, 0.5) is 0 Å². The molecule has 0 aliphatic carbocycles. The summed E-state index contributed by atoms with van der Waals surface area (Å²) >= 11 is 0. The minimum Gasteiger partial charge on any atom is -0.468 e. The Morgan fingerprint density at radius 2 is 1.90 bits per heavy atom. The van der Waals surface area contributed by atoms with Crippen LogP contribution in [-0.2, 0) is 20.9 Å². The van der Waals surface area contributed by atoms with Crippen molar-refractivity contribution in [2.75, 3.05) is 13.7 Å². The lowest BCUT2D eigenvalue weighted by Crippen LogP contribution is -2.48. The lowest BCUT2D eigenvalue weighted by molar-refractivity contribution is -0.148. The van der Waals surface area contributed by atoms with Crippen molar-refractivity contribution in [1.82, 2.24) is 4.90 Å². The zero-order valence-corrected chi connectivity index (χ0v) is 12.9. The molecule has 0 radical (unpaired) electrons. The van der Waals surface area contributed by atoms with Crippen LogP contribution >= 0.6 is 0 Å². The fourth-order valence-electron chi connectivity index (χ4n) is 1.94. The van der Waals surface area contributed by atoms with E-state index < -0.39 is 12.0 Å². The minimum absolute atomic E-state index is 0.0634. The lowest BCUT2D eigenvalue weighted by atomic mass is 9.98. The highest BCUT2D eigenvalue weighted by Gasteiger charge is 2.26. The average molecular weight is 292 g/mol. The van der Waals surface area contributed by atoms with E-state index in [1.54, 1.807) is 0 Å². The fraction of sp³-hybridized carbons (Fsp3) is 0.500. The molecule has 1 aromatic carbocycles. The largest absolute Gasteiger partial charge is 0.468 e. The van der Waals surface area contributed by atoms with Crippen LogP contribution in [0.25, 0.3) is 0 Å². The van der Waals surface area contributed by atoms with Gasteiger partial charge in [-0.3, -0.25) is 9.59 Å². The SMILES string of the molecule is CCC(C)[C@H](N)C(=O)N(CC(=O)OC)Cc1ccccc1. The van der Waals surface area contributed by atoms with Crippen molar-refractivity contribution in [3.63, 3.8) is 0 Å². The second-order valence-corrected chi connectivity index (χ2v) is 5.17. The summed E-state index contributed by atoms with van der Waals surface area (Å²) in [5.74, 6) is -0.609. The van der Waals surface area contributed by atoms with Gasteiger partial charge >= 0.3 is 5.97 Å². The summed E-state index contributed by atoms with van der Waals surface area (Å²) < 4.78 is 4.66. The standard InChI is InChI=1S/C16H24N2O3/c1-4-12(2)15(17)16(20)18(11-14(19)21-3)10-13-8-6-5-7-9-13/h5-9,12,15H,4,10-11,17H2,1-3H3/t12?,15-/m0/s1. The van der Waals surface area contributed by atoms with Gasteiger partial charge in [0, 0.05) is 6.54 Å². The van der Waals surface area contributed by atoms with E-state index in [0.29, 0.717) is 6.54 Å². The first kappa shape index (κ1) is 17.2. The normalized spacial score (nSPS) is 13.3. The number of hydrogen-bond acceptors (Lipinski definition) is 4. The smallest absolute Gasteiger partial charge is 0.325 e. The van der Waals surface area contributed by atoms with Crippen molar-refractivity contribution in [2.24, 2.45) is 11.7 Å². The number of carbonyl (C=O) groups is 2. The highest BCUT2D eigenvalue weighted by atomic mass is 16.5. The molecule has 0 saturated carbocycles. The molecule has 0 aromatic heterocycles. The third-order valence-corrected chi connectivity index (χ3v) is 3.62. The Morgan fingerprint density at radius 1 is 1.29 bits per heavy atom. The highest BCUT2D eigenvalue weighted by molar-refractivity contribution is 5.85. The van der Waals surface area contributed by atoms with Crippen LogP contribution in [0.5, 0.6) is 0 Å². The molecule has 116 valence electrons. The molecule has 0 spiro atoms. The highest BCUT2D eigenvalue weighted by Crippen LogP contribution is 2.12. The van der Waals surface area contributed by atoms with Gasteiger partial charge in [-0.05, 0) is 11.5 Å². The minimum atomic E-state index is -0.608. The summed E-state index contributed by atoms with van der Waals surface area (Å²) in [6, 6.07) is 8.90. The number of carbonyl (C=O) groups excluding carboxylic acids is 2. The Labute approximate surface area is 126 Å². The van der Waals surface area contributed by atoms with Crippen molar-refractivity contribution < 1.29 is 14.3 Å². The van der Waals surface area contributed by atoms with Crippen LogP contribution in [0.15, 0.2) is 30.3 Å². The van der Waals surface area contributed by atoms with Crippen LogP contribution in [-0.4, -0.2) is 36.5 Å². The monoisotopic (exact) mass is 292 g/mol. The van der Waals surface area contributed by atoms with Gasteiger partial charge in [0.1, 0.15) is 6.54 Å². The number of methoxy groups -OCH3 is 1. The number of esters is 1. The Morgan fingerprint density at radius 3 is 2.43 bits per heavy atom. The van der Waals surface area contributed by atoms with E-state index in [1.807, 2.05) is 44.2 Å². The molecule has 5 heteroatoms. The maximum absolute atomic E-state index is 12.5. The first-order valence-electron chi connectivity index (χ1n) is 7.14. The molecule has 0 aliphatic heterocycles. The molecular formula is C16H24N2O3. The van der Waals surface area contributed by atoms with Gasteiger partial charge < -0.3 is 15.4 Å². The van der Waals surface area contributed by atoms with E-state index in [0.717, 1.165) is 12.0 Å². The van der Waals surface area contributed by atoms with Gasteiger partial charge in [0.15, 0.2) is 0 Å². The number of benzene rings is 1. The van der Waals surface area contributed by atoms with E-state index in [9.17, 15) is 9.59 Å². The van der Waals surface area contributed by atoms with Crippen molar-refractivity contribution in [3.8, 4) is 0 Å². The number of nitrogens with zero attached hydrogens (tertiary/aromatic N) is 1. The molecule has 2 N–H and O–H groups in total. The van der Waals surface area contributed by atoms with E-state index >= 15 is 0 Å². The van der Waals surface area contributed by atoms with E-state index in [-0.39, 0.29) is 18.4 Å². The van der Waals surface area contributed by atoms with Crippen molar-refractivity contribution in [1.29, 1.82) is 0 Å². The molecule has 1 unspecified atom stereocenters. The number of rotatable bonds is 7. The predicted molar refractivity (Wildman–Crippen MR) is 81.3 cm³/mol. The van der Waals surface area contributed by atoms with E-state index in [2.05, 4.69) is 4.74 Å². The Bertz CT molecular complexity index is 462. The number of amides is 1. The molecule has 0 saturated heterocycles. The van der Waals surface area contributed by atoms with Gasteiger partial charge in [-0.2, -0.15) is 0 Å². The van der Waals surface area contributed by atoms with Crippen molar-refractivity contribution in [3.05, 3.63) is 35.9 Å². The zero-order valence-electron chi connectivity index (χ0n) is 12.9. The quantitative estimate of drug-likeness (QED) is 0.774. The van der Waals surface area contributed by atoms with E-state index in [4.69, 9.17) is 5.73 Å². The molecule has 0 aliphatic rings. The molecule has 0 bridgehead atoms.